The highest BCUT2D eigenvalue weighted by molar-refractivity contribution is 7.85. The molecule has 1 N–H and O–H groups in total. The highest BCUT2D eigenvalue weighted by Gasteiger charge is 2.47. The standard InChI is InChI=1S/C31H30F3N7O2.C6H6O3S/c1-19-28(27-11-12-36-40(27)25-9-7-20(16-35)8-10-25)39(29(42)37-24-13-21-17-41(2,3)18-22(21)14-24)30(43)38(19)26-6-4-5-23(15-26)31(32,33)34;7-10(8,9)6-4-2-1-3-5-6/h4-12,15,21-22,24H,13-14,17-18H2,1-3H3;1-5H,(H,7,8,9)/t21-,22?,24?;/m1./s1. The summed E-state index contributed by atoms with van der Waals surface area (Å²) in [7, 11) is 0.152. The largest absolute Gasteiger partial charge is 0.744 e. The molecule has 1 aliphatic carbocycles. The van der Waals surface area contributed by atoms with Gasteiger partial charge in [-0.2, -0.15) is 23.5 Å². The van der Waals surface area contributed by atoms with Crippen molar-refractivity contribution in [2.45, 2.75) is 36.9 Å². The van der Waals surface area contributed by atoms with Crippen LogP contribution in [0.4, 0.5) is 18.0 Å². The number of amides is 1. The van der Waals surface area contributed by atoms with Gasteiger partial charge in [0, 0.05) is 17.9 Å². The van der Waals surface area contributed by atoms with Crippen molar-refractivity contribution >= 4 is 16.1 Å². The van der Waals surface area contributed by atoms with Crippen LogP contribution < -0.4 is 11.0 Å². The van der Waals surface area contributed by atoms with Gasteiger partial charge in [0.1, 0.15) is 15.8 Å². The highest BCUT2D eigenvalue weighted by Crippen LogP contribution is 2.40. The Bertz CT molecular complexity index is 2340. The molecule has 5 aromatic rings. The summed E-state index contributed by atoms with van der Waals surface area (Å²) in [5.41, 5.74) is 0.199. The number of benzene rings is 3. The number of nitrogens with one attached hydrogen (secondary N) is 1. The van der Waals surface area contributed by atoms with E-state index in [1.807, 2.05) is 0 Å². The predicted octanol–water partition coefficient (Wildman–Crippen LogP) is 5.32. The number of imidazole rings is 1. The van der Waals surface area contributed by atoms with Gasteiger partial charge in [0.05, 0.1) is 78.2 Å². The molecule has 0 radical (unpaired) electrons. The van der Waals surface area contributed by atoms with Gasteiger partial charge in [0.25, 0.3) is 0 Å². The van der Waals surface area contributed by atoms with Crippen LogP contribution in [0.15, 0.2) is 101 Å². The van der Waals surface area contributed by atoms with Crippen LogP contribution in [-0.2, 0) is 16.3 Å². The van der Waals surface area contributed by atoms with E-state index < -0.39 is 33.6 Å². The van der Waals surface area contributed by atoms with Crippen molar-refractivity contribution in [3.63, 3.8) is 0 Å². The van der Waals surface area contributed by atoms with Crippen LogP contribution in [0.2, 0.25) is 0 Å². The quantitative estimate of drug-likeness (QED) is 0.189. The number of hydrogen-bond donors (Lipinski definition) is 1. The van der Waals surface area contributed by atoms with Gasteiger partial charge in [-0.25, -0.2) is 27.3 Å². The first-order chi connectivity index (χ1) is 25.0. The van der Waals surface area contributed by atoms with Crippen molar-refractivity contribution in [2.24, 2.45) is 11.8 Å². The molecular formula is C37H36F3N7O5S. The molecule has 1 aliphatic heterocycles. The molecule has 7 rings (SSSR count). The van der Waals surface area contributed by atoms with E-state index in [0.29, 0.717) is 28.8 Å². The van der Waals surface area contributed by atoms with Crippen LogP contribution >= 0.6 is 0 Å². The van der Waals surface area contributed by atoms with Gasteiger partial charge in [-0.3, -0.25) is 4.57 Å². The predicted molar refractivity (Wildman–Crippen MR) is 187 cm³/mol. The molecule has 0 spiro atoms. The number of carbonyl (C=O) groups excluding carboxylic acids is 1. The number of quaternary nitrogens is 1. The molecule has 0 bridgehead atoms. The van der Waals surface area contributed by atoms with Gasteiger partial charge in [-0.05, 0) is 80.4 Å². The van der Waals surface area contributed by atoms with E-state index in [4.69, 9.17) is 0 Å². The van der Waals surface area contributed by atoms with Crippen LogP contribution in [0.25, 0.3) is 22.8 Å². The third kappa shape index (κ3) is 7.82. The van der Waals surface area contributed by atoms with Crippen LogP contribution in [0, 0.1) is 30.1 Å². The average Bonchev–Trinajstić information content (AvgIpc) is 3.85. The van der Waals surface area contributed by atoms with E-state index in [1.165, 1.54) is 47.3 Å². The van der Waals surface area contributed by atoms with Crippen LogP contribution in [0.1, 0.15) is 29.7 Å². The fourth-order valence-corrected chi connectivity index (χ4v) is 8.02. The second kappa shape index (κ2) is 14.1. The Morgan fingerprint density at radius 3 is 2.17 bits per heavy atom. The Balaban J connectivity index is 0.000000417. The molecule has 1 amide bonds. The number of rotatable bonds is 5. The Morgan fingerprint density at radius 2 is 1.60 bits per heavy atom. The van der Waals surface area contributed by atoms with Gasteiger partial charge in [0.2, 0.25) is 0 Å². The fraction of sp³-hybridized carbons (Fsp3) is 0.297. The number of nitrogens with zero attached hydrogens (tertiary/aromatic N) is 6. The molecule has 2 aromatic heterocycles. The monoisotopic (exact) mass is 747 g/mol. The SMILES string of the molecule is Cc1c(-c2ccnn2-c2ccc(C#N)cc2)n(C(=O)NC2CC3C[N+](C)(C)C[C@H]3C2)c(=O)n1-c1cccc(C(F)(F)F)c1.O=S(=O)([O-])c1ccccc1. The van der Waals surface area contributed by atoms with Gasteiger partial charge < -0.3 is 14.4 Å². The molecule has 12 nitrogen and oxygen atoms in total. The van der Waals surface area contributed by atoms with Crippen molar-refractivity contribution in [1.29, 1.82) is 5.26 Å². The number of hydrogen-bond acceptors (Lipinski definition) is 7. The lowest BCUT2D eigenvalue weighted by atomic mass is 10.0. The summed E-state index contributed by atoms with van der Waals surface area (Å²) in [6.07, 6.45) is -1.49. The Labute approximate surface area is 303 Å². The van der Waals surface area contributed by atoms with E-state index in [-0.39, 0.29) is 28.0 Å². The van der Waals surface area contributed by atoms with Crippen molar-refractivity contribution in [2.75, 3.05) is 27.2 Å². The normalized spacial score (nSPS) is 19.2. The molecule has 1 saturated carbocycles. The summed E-state index contributed by atoms with van der Waals surface area (Å²) in [6.45, 7) is 3.64. The number of halogens is 3. The van der Waals surface area contributed by atoms with E-state index in [9.17, 15) is 41.0 Å². The lowest BCUT2D eigenvalue weighted by molar-refractivity contribution is -0.881. The number of alkyl halides is 3. The minimum Gasteiger partial charge on any atom is -0.744 e. The maximum atomic E-state index is 14.0. The Kier molecular flexibility index (Phi) is 9.94. The number of fused-ring (bicyclic) bond motifs is 1. The minimum absolute atomic E-state index is 0.00929. The molecule has 3 aromatic carbocycles. The van der Waals surface area contributed by atoms with E-state index in [1.54, 1.807) is 43.3 Å². The maximum Gasteiger partial charge on any atom is 0.416 e. The molecule has 2 aliphatic rings. The third-order valence-corrected chi connectivity index (χ3v) is 10.6. The number of nitriles is 1. The van der Waals surface area contributed by atoms with Crippen molar-refractivity contribution in [1.82, 2.24) is 24.2 Å². The molecule has 53 heavy (non-hydrogen) atoms. The Morgan fingerprint density at radius 1 is 0.962 bits per heavy atom. The van der Waals surface area contributed by atoms with Gasteiger partial charge in [-0.1, -0.05) is 24.3 Å². The number of aromatic nitrogens is 4. The maximum absolute atomic E-state index is 14.0. The summed E-state index contributed by atoms with van der Waals surface area (Å²) in [5, 5.41) is 16.7. The summed E-state index contributed by atoms with van der Waals surface area (Å²) >= 11 is 0. The lowest BCUT2D eigenvalue weighted by Crippen LogP contribution is -2.43. The molecule has 3 atom stereocenters. The molecule has 276 valence electrons. The number of carbonyl (C=O) groups is 1. The third-order valence-electron chi connectivity index (χ3n) is 9.70. The zero-order valence-corrected chi connectivity index (χ0v) is 29.8. The molecule has 16 heteroatoms. The minimum atomic E-state index is -4.61. The van der Waals surface area contributed by atoms with Crippen molar-refractivity contribution < 1.29 is 35.4 Å². The van der Waals surface area contributed by atoms with Gasteiger partial charge in [0.15, 0.2) is 0 Å². The van der Waals surface area contributed by atoms with Gasteiger partial charge >= 0.3 is 17.9 Å². The highest BCUT2D eigenvalue weighted by atomic mass is 32.2. The molecule has 1 saturated heterocycles. The summed E-state index contributed by atoms with van der Waals surface area (Å²) < 4.78 is 76.2. The molecule has 2 unspecified atom stereocenters. The topological polar surface area (TPSA) is 155 Å². The first kappa shape index (κ1) is 37.3. The van der Waals surface area contributed by atoms with Crippen LogP contribution in [0.3, 0.4) is 0 Å². The molecule has 2 fully saturated rings. The average molecular weight is 748 g/mol. The van der Waals surface area contributed by atoms with Crippen LogP contribution in [0.5, 0.6) is 0 Å². The zero-order chi connectivity index (χ0) is 38.3. The zero-order valence-electron chi connectivity index (χ0n) is 29.0. The fourth-order valence-electron chi connectivity index (χ4n) is 7.53. The first-order valence-corrected chi connectivity index (χ1v) is 18.1. The van der Waals surface area contributed by atoms with E-state index in [2.05, 4.69) is 30.6 Å². The summed E-state index contributed by atoms with van der Waals surface area (Å²) in [6, 6.07) is 21.2. The molecule has 3 heterocycles. The van der Waals surface area contributed by atoms with Gasteiger partial charge in [-0.15, -0.1) is 0 Å². The smallest absolute Gasteiger partial charge is 0.416 e. The van der Waals surface area contributed by atoms with E-state index in [0.717, 1.165) is 51.7 Å². The summed E-state index contributed by atoms with van der Waals surface area (Å²) in [5.74, 6) is 0.955. The number of likely N-dealkylation sites (tertiary alicyclic amines) is 1. The Hall–Kier alpha value is -5.50. The molecular weight excluding hydrogens is 712 g/mol. The second-order valence-electron chi connectivity index (χ2n) is 13.9. The van der Waals surface area contributed by atoms with Crippen LogP contribution in [-0.4, -0.2) is 75.6 Å². The van der Waals surface area contributed by atoms with Crippen molar-refractivity contribution in [3.05, 3.63) is 118 Å². The second-order valence-corrected chi connectivity index (χ2v) is 15.3. The van der Waals surface area contributed by atoms with E-state index >= 15 is 0 Å². The summed E-state index contributed by atoms with van der Waals surface area (Å²) in [4.78, 5) is 27.8. The first-order valence-electron chi connectivity index (χ1n) is 16.7. The lowest BCUT2D eigenvalue weighted by Gasteiger charge is -2.25. The van der Waals surface area contributed by atoms with Crippen molar-refractivity contribution in [3.8, 4) is 28.8 Å².